The largest absolute Gasteiger partial charge is 0.353 e. The van der Waals surface area contributed by atoms with Gasteiger partial charge in [0.1, 0.15) is 11.5 Å². The van der Waals surface area contributed by atoms with Gasteiger partial charge in [-0.3, -0.25) is 4.79 Å². The summed E-state index contributed by atoms with van der Waals surface area (Å²) in [7, 11) is 0. The maximum Gasteiger partial charge on any atom is 0.269 e. The van der Waals surface area contributed by atoms with Crippen LogP contribution in [0.15, 0.2) is 78.9 Å². The van der Waals surface area contributed by atoms with Crippen LogP contribution < -0.4 is 5.32 Å². The molecule has 0 aliphatic heterocycles. The lowest BCUT2D eigenvalue weighted by Gasteiger charge is -2.09. The summed E-state index contributed by atoms with van der Waals surface area (Å²) >= 11 is 6.22. The van der Waals surface area contributed by atoms with Crippen molar-refractivity contribution in [2.24, 2.45) is 0 Å². The zero-order valence-electron chi connectivity index (χ0n) is 17.0. The van der Waals surface area contributed by atoms with Crippen molar-refractivity contribution < 1.29 is 9.18 Å². The molecular formula is C26H19ClFN3O. The third kappa shape index (κ3) is 3.95. The molecule has 2 N–H and O–H groups in total. The average molecular weight is 444 g/mol. The minimum absolute atomic E-state index is 0.262. The van der Waals surface area contributed by atoms with Crippen LogP contribution in [0, 0.1) is 5.82 Å². The van der Waals surface area contributed by atoms with E-state index >= 15 is 0 Å². The van der Waals surface area contributed by atoms with E-state index in [-0.39, 0.29) is 11.7 Å². The van der Waals surface area contributed by atoms with Crippen LogP contribution in [0.1, 0.15) is 16.1 Å². The molecule has 0 saturated carbocycles. The summed E-state index contributed by atoms with van der Waals surface area (Å²) in [6.45, 7) is 0.421. The van der Waals surface area contributed by atoms with E-state index < -0.39 is 0 Å². The minimum atomic E-state index is -0.275. The fourth-order valence-electron chi connectivity index (χ4n) is 3.87. The van der Waals surface area contributed by atoms with Crippen LogP contribution in [0.4, 0.5) is 4.39 Å². The second-order valence-electron chi connectivity index (χ2n) is 7.59. The number of carbonyl (C=O) groups is 1. The molecule has 158 valence electrons. The zero-order valence-corrected chi connectivity index (χ0v) is 17.8. The average Bonchev–Trinajstić information content (AvgIpc) is 3.18. The Bertz CT molecular complexity index is 1440. The van der Waals surface area contributed by atoms with Gasteiger partial charge in [-0.15, -0.1) is 0 Å². The van der Waals surface area contributed by atoms with Crippen molar-refractivity contribution in [2.45, 2.75) is 6.42 Å². The number of benzene rings is 3. The molecule has 0 saturated heterocycles. The maximum absolute atomic E-state index is 13.1. The number of H-pyrrole nitrogens is 1. The Morgan fingerprint density at radius 1 is 0.969 bits per heavy atom. The van der Waals surface area contributed by atoms with E-state index in [1.54, 1.807) is 18.2 Å². The summed E-state index contributed by atoms with van der Waals surface area (Å²) < 4.78 is 13.1. The molecule has 0 spiro atoms. The van der Waals surface area contributed by atoms with Crippen molar-refractivity contribution in [3.63, 3.8) is 0 Å². The lowest BCUT2D eigenvalue weighted by atomic mass is 10.1. The molecule has 5 aromatic rings. The third-order valence-electron chi connectivity index (χ3n) is 5.44. The van der Waals surface area contributed by atoms with Crippen molar-refractivity contribution in [2.75, 3.05) is 6.54 Å². The first kappa shape index (κ1) is 20.2. The number of nitrogens with zero attached hydrogens (tertiary/aromatic N) is 1. The molecule has 4 nitrogen and oxygen atoms in total. The highest BCUT2D eigenvalue weighted by molar-refractivity contribution is 6.31. The van der Waals surface area contributed by atoms with Crippen LogP contribution in [0.25, 0.3) is 33.1 Å². The van der Waals surface area contributed by atoms with Gasteiger partial charge in [0, 0.05) is 33.4 Å². The standard InChI is InChI=1S/C26H19ClFN3O/c27-18-5-3-4-17(14-18)24-25-21(20-6-1-2-7-22(20)30-25)15-23(31-24)26(32)29-13-12-16-8-10-19(28)11-9-16/h1-11,14-15,30H,12-13H2,(H,29,32). The number of carbonyl (C=O) groups excluding carboxylic acids is 1. The minimum Gasteiger partial charge on any atom is -0.353 e. The number of halogens is 2. The maximum atomic E-state index is 13.1. The summed E-state index contributed by atoms with van der Waals surface area (Å²) in [5.74, 6) is -0.537. The Morgan fingerprint density at radius 3 is 2.59 bits per heavy atom. The SMILES string of the molecule is O=C(NCCc1ccc(F)cc1)c1cc2c([nH]c3ccccc32)c(-c2cccc(Cl)c2)n1. The van der Waals surface area contributed by atoms with Gasteiger partial charge in [-0.25, -0.2) is 9.37 Å². The van der Waals surface area contributed by atoms with Crippen molar-refractivity contribution in [3.8, 4) is 11.3 Å². The van der Waals surface area contributed by atoms with E-state index in [9.17, 15) is 9.18 Å². The first-order chi connectivity index (χ1) is 15.6. The Kier molecular flexibility index (Phi) is 5.33. The predicted octanol–water partition coefficient (Wildman–Crippen LogP) is 6.15. The number of amides is 1. The molecule has 1 amide bonds. The molecular weight excluding hydrogens is 425 g/mol. The fraction of sp³-hybridized carbons (Fsp3) is 0.0769. The normalized spacial score (nSPS) is 11.2. The molecule has 5 rings (SSSR count). The molecule has 0 radical (unpaired) electrons. The monoisotopic (exact) mass is 443 g/mol. The molecule has 0 atom stereocenters. The molecule has 2 heterocycles. The quantitative estimate of drug-likeness (QED) is 0.342. The number of hydrogen-bond acceptors (Lipinski definition) is 2. The summed E-state index contributed by atoms with van der Waals surface area (Å²) in [6, 6.07) is 23.5. The predicted molar refractivity (Wildman–Crippen MR) is 126 cm³/mol. The fourth-order valence-corrected chi connectivity index (χ4v) is 4.06. The molecule has 0 aliphatic carbocycles. The topological polar surface area (TPSA) is 57.8 Å². The number of nitrogens with one attached hydrogen (secondary N) is 2. The van der Waals surface area contributed by atoms with Gasteiger partial charge < -0.3 is 10.3 Å². The summed E-state index contributed by atoms with van der Waals surface area (Å²) in [4.78, 5) is 21.1. The van der Waals surface area contributed by atoms with Crippen LogP contribution in [-0.4, -0.2) is 22.4 Å². The Hall–Kier alpha value is -3.70. The lowest BCUT2D eigenvalue weighted by molar-refractivity contribution is 0.0949. The number of rotatable bonds is 5. The summed E-state index contributed by atoms with van der Waals surface area (Å²) in [5.41, 5.74) is 4.61. The summed E-state index contributed by atoms with van der Waals surface area (Å²) in [5, 5.41) is 5.47. The summed E-state index contributed by atoms with van der Waals surface area (Å²) in [6.07, 6.45) is 0.600. The Labute approximate surface area is 189 Å². The Morgan fingerprint density at radius 2 is 1.78 bits per heavy atom. The molecule has 3 aromatic carbocycles. The van der Waals surface area contributed by atoms with Gasteiger partial charge in [-0.2, -0.15) is 0 Å². The van der Waals surface area contributed by atoms with Gasteiger partial charge >= 0.3 is 0 Å². The molecule has 0 unspecified atom stereocenters. The van der Waals surface area contributed by atoms with Crippen LogP contribution >= 0.6 is 11.6 Å². The van der Waals surface area contributed by atoms with E-state index in [0.29, 0.717) is 29.4 Å². The highest BCUT2D eigenvalue weighted by atomic mass is 35.5. The zero-order chi connectivity index (χ0) is 22.1. The number of pyridine rings is 1. The number of fused-ring (bicyclic) bond motifs is 3. The molecule has 0 aliphatic rings. The van der Waals surface area contributed by atoms with Gasteiger partial charge in [0.25, 0.3) is 5.91 Å². The highest BCUT2D eigenvalue weighted by Crippen LogP contribution is 2.33. The van der Waals surface area contributed by atoms with Crippen LogP contribution in [0.3, 0.4) is 0 Å². The molecule has 6 heteroatoms. The first-order valence-electron chi connectivity index (χ1n) is 10.3. The van der Waals surface area contributed by atoms with Crippen LogP contribution in [-0.2, 0) is 6.42 Å². The second kappa shape index (κ2) is 8.44. The van der Waals surface area contributed by atoms with E-state index in [1.807, 2.05) is 48.5 Å². The van der Waals surface area contributed by atoms with Crippen molar-refractivity contribution >= 4 is 39.3 Å². The second-order valence-corrected chi connectivity index (χ2v) is 8.03. The van der Waals surface area contributed by atoms with E-state index in [2.05, 4.69) is 10.3 Å². The van der Waals surface area contributed by atoms with Gasteiger partial charge in [0.15, 0.2) is 0 Å². The smallest absolute Gasteiger partial charge is 0.269 e. The number of hydrogen-bond donors (Lipinski definition) is 2. The van der Waals surface area contributed by atoms with Crippen molar-refractivity contribution in [1.29, 1.82) is 0 Å². The van der Waals surface area contributed by atoms with Crippen molar-refractivity contribution in [1.82, 2.24) is 15.3 Å². The van der Waals surface area contributed by atoms with E-state index in [0.717, 1.165) is 32.9 Å². The molecule has 2 aromatic heterocycles. The molecule has 0 bridgehead atoms. The Balaban J connectivity index is 1.51. The van der Waals surface area contributed by atoms with Crippen LogP contribution in [0.2, 0.25) is 5.02 Å². The van der Waals surface area contributed by atoms with Crippen LogP contribution in [0.5, 0.6) is 0 Å². The number of para-hydroxylation sites is 1. The lowest BCUT2D eigenvalue weighted by Crippen LogP contribution is -2.26. The van der Waals surface area contributed by atoms with E-state index in [4.69, 9.17) is 16.6 Å². The van der Waals surface area contributed by atoms with Crippen molar-refractivity contribution in [3.05, 3.63) is 101 Å². The number of aromatic amines is 1. The highest BCUT2D eigenvalue weighted by Gasteiger charge is 2.17. The molecule has 32 heavy (non-hydrogen) atoms. The van der Waals surface area contributed by atoms with Gasteiger partial charge in [0.05, 0.1) is 11.2 Å². The van der Waals surface area contributed by atoms with E-state index in [1.165, 1.54) is 12.1 Å². The van der Waals surface area contributed by atoms with Gasteiger partial charge in [-0.1, -0.05) is 54.1 Å². The molecule has 0 fully saturated rings. The van der Waals surface area contributed by atoms with Gasteiger partial charge in [-0.05, 0) is 48.4 Å². The first-order valence-corrected chi connectivity index (χ1v) is 10.7. The number of aromatic nitrogens is 2. The van der Waals surface area contributed by atoms with Gasteiger partial charge in [0.2, 0.25) is 0 Å². The third-order valence-corrected chi connectivity index (χ3v) is 5.67.